The average molecular weight is 530 g/mol. The lowest BCUT2D eigenvalue weighted by Crippen LogP contribution is -2.19. The van der Waals surface area contributed by atoms with E-state index in [9.17, 15) is 13.7 Å². The fourth-order valence-electron chi connectivity index (χ4n) is 3.50. The third-order valence-electron chi connectivity index (χ3n) is 5.67. The van der Waals surface area contributed by atoms with Crippen LogP contribution in [0.15, 0.2) is 53.8 Å². The maximum Gasteiger partial charge on any atom is 0.247 e. The summed E-state index contributed by atoms with van der Waals surface area (Å²) < 4.78 is 34.8. The van der Waals surface area contributed by atoms with E-state index in [2.05, 4.69) is 16.0 Å². The first-order chi connectivity index (χ1) is 17.1. The number of ether oxygens (including phenoxy) is 2. The molecule has 0 atom stereocenters. The molecule has 0 amide bonds. The summed E-state index contributed by atoms with van der Waals surface area (Å²) in [6.07, 6.45) is 3.72. The first-order valence-electron chi connectivity index (χ1n) is 11.3. The van der Waals surface area contributed by atoms with E-state index in [0.717, 1.165) is 17.4 Å². The van der Waals surface area contributed by atoms with Crippen molar-refractivity contribution in [2.75, 3.05) is 19.5 Å². The number of aromatic nitrogens is 2. The molecule has 0 saturated carbocycles. The number of aliphatic hydroxyl groups excluding tert-OH is 1. The van der Waals surface area contributed by atoms with Gasteiger partial charge in [0.15, 0.2) is 5.75 Å². The van der Waals surface area contributed by atoms with Crippen LogP contribution in [0.5, 0.6) is 11.5 Å². The lowest BCUT2D eigenvalue weighted by Gasteiger charge is -2.27. The molecular weight excluding hydrogens is 502 g/mol. The van der Waals surface area contributed by atoms with E-state index in [1.165, 1.54) is 6.20 Å². The summed E-state index contributed by atoms with van der Waals surface area (Å²) in [6.45, 7) is 4.61. The number of aliphatic hydroxyl groups is 1. The Morgan fingerprint density at radius 1 is 1.08 bits per heavy atom. The molecule has 3 aromatic rings. The van der Waals surface area contributed by atoms with Crippen molar-refractivity contribution in [3.05, 3.63) is 76.1 Å². The van der Waals surface area contributed by atoms with Gasteiger partial charge in [0.1, 0.15) is 18.4 Å². The molecule has 1 heterocycles. The number of hydrogen-bond acceptors (Lipinski definition) is 8. The van der Waals surface area contributed by atoms with Gasteiger partial charge in [0, 0.05) is 24.5 Å². The average Bonchev–Trinajstić information content (AvgIpc) is 2.85. The van der Waals surface area contributed by atoms with E-state index in [1.807, 2.05) is 44.2 Å². The van der Waals surface area contributed by atoms with Crippen LogP contribution in [0.4, 0.5) is 0 Å². The standard InChI is InChI=1S/C26H28ClN3O5S/c1-26(2,20-14-18(16-28)24(23(27)15-20)34-13-5-4-12-31)19-6-8-22(9-7-19)35-17-21-10-11-29-25(30-21)36(3,32)33/h6-11,14-15,31H,4-5,12-13,17H2,1-3H3. The van der Waals surface area contributed by atoms with Crippen molar-refractivity contribution in [3.63, 3.8) is 0 Å². The second-order valence-electron chi connectivity index (χ2n) is 8.77. The second-order valence-corrected chi connectivity index (χ2v) is 11.1. The zero-order valence-electron chi connectivity index (χ0n) is 20.4. The van der Waals surface area contributed by atoms with E-state index < -0.39 is 15.3 Å². The Labute approximate surface area is 216 Å². The number of benzene rings is 2. The van der Waals surface area contributed by atoms with Gasteiger partial charge < -0.3 is 14.6 Å². The third kappa shape index (κ3) is 6.72. The number of rotatable bonds is 11. The van der Waals surface area contributed by atoms with Crippen LogP contribution in [0, 0.1) is 11.3 Å². The molecule has 1 aromatic heterocycles. The summed E-state index contributed by atoms with van der Waals surface area (Å²) in [7, 11) is -3.50. The van der Waals surface area contributed by atoms with E-state index in [1.54, 1.807) is 12.1 Å². The minimum Gasteiger partial charge on any atom is -0.491 e. The summed E-state index contributed by atoms with van der Waals surface area (Å²) in [5.41, 5.74) is 2.17. The van der Waals surface area contributed by atoms with Gasteiger partial charge in [-0.2, -0.15) is 5.26 Å². The minimum absolute atomic E-state index is 0.0872. The van der Waals surface area contributed by atoms with Crippen molar-refractivity contribution in [2.24, 2.45) is 0 Å². The van der Waals surface area contributed by atoms with Crippen molar-refractivity contribution in [1.82, 2.24) is 9.97 Å². The van der Waals surface area contributed by atoms with Crippen molar-refractivity contribution < 1.29 is 23.0 Å². The molecule has 0 spiro atoms. The highest BCUT2D eigenvalue weighted by atomic mass is 35.5. The molecule has 0 aliphatic heterocycles. The fourth-order valence-corrected chi connectivity index (χ4v) is 4.31. The minimum atomic E-state index is -3.50. The molecule has 190 valence electrons. The summed E-state index contributed by atoms with van der Waals surface area (Å²) in [6, 6.07) is 14.9. The first kappa shape index (κ1) is 27.4. The molecule has 0 aliphatic carbocycles. The van der Waals surface area contributed by atoms with Gasteiger partial charge in [0.2, 0.25) is 15.0 Å². The van der Waals surface area contributed by atoms with Crippen LogP contribution in [-0.2, 0) is 21.9 Å². The molecule has 0 fully saturated rings. The van der Waals surface area contributed by atoms with Gasteiger partial charge in [-0.3, -0.25) is 0 Å². The molecular formula is C26H28ClN3O5S. The molecule has 0 radical (unpaired) electrons. The Morgan fingerprint density at radius 2 is 1.81 bits per heavy atom. The summed E-state index contributed by atoms with van der Waals surface area (Å²) in [5.74, 6) is 0.945. The van der Waals surface area contributed by atoms with E-state index in [-0.39, 0.29) is 18.4 Å². The van der Waals surface area contributed by atoms with E-state index >= 15 is 0 Å². The lowest BCUT2D eigenvalue weighted by atomic mass is 9.77. The SMILES string of the molecule is CC(C)(c1ccc(OCc2ccnc(S(C)(=O)=O)n2)cc1)c1cc(Cl)c(OCCCCO)c(C#N)c1. The first-order valence-corrected chi connectivity index (χ1v) is 13.6. The number of sulfone groups is 1. The van der Waals surface area contributed by atoms with Gasteiger partial charge in [0.25, 0.3) is 0 Å². The highest BCUT2D eigenvalue weighted by Gasteiger charge is 2.26. The van der Waals surface area contributed by atoms with Gasteiger partial charge in [-0.15, -0.1) is 0 Å². The Balaban J connectivity index is 1.75. The van der Waals surface area contributed by atoms with E-state index in [0.29, 0.717) is 47.2 Å². The van der Waals surface area contributed by atoms with Crippen molar-refractivity contribution >= 4 is 21.4 Å². The number of nitrogens with zero attached hydrogens (tertiary/aromatic N) is 3. The van der Waals surface area contributed by atoms with Gasteiger partial charge in [-0.25, -0.2) is 18.4 Å². The van der Waals surface area contributed by atoms with Crippen LogP contribution in [0.25, 0.3) is 0 Å². The van der Waals surface area contributed by atoms with Crippen LogP contribution >= 0.6 is 11.6 Å². The van der Waals surface area contributed by atoms with Crippen molar-refractivity contribution in [1.29, 1.82) is 5.26 Å². The van der Waals surface area contributed by atoms with Crippen molar-refractivity contribution in [3.8, 4) is 17.6 Å². The maximum atomic E-state index is 11.7. The number of nitriles is 1. The predicted octanol–water partition coefficient (Wildman–Crippen LogP) is 4.46. The van der Waals surface area contributed by atoms with Crippen LogP contribution in [0.3, 0.4) is 0 Å². The normalized spacial score (nSPS) is 11.7. The molecule has 0 saturated heterocycles. The molecule has 1 N–H and O–H groups in total. The van der Waals surface area contributed by atoms with Crippen LogP contribution < -0.4 is 9.47 Å². The smallest absolute Gasteiger partial charge is 0.247 e. The Kier molecular flexibility index (Phi) is 8.90. The highest BCUT2D eigenvalue weighted by molar-refractivity contribution is 7.90. The molecule has 8 nitrogen and oxygen atoms in total. The molecule has 0 bridgehead atoms. The monoisotopic (exact) mass is 529 g/mol. The fraction of sp³-hybridized carbons (Fsp3) is 0.346. The lowest BCUT2D eigenvalue weighted by molar-refractivity contribution is 0.253. The summed E-state index contributed by atoms with van der Waals surface area (Å²) in [5, 5.41) is 18.7. The number of unbranched alkanes of at least 4 members (excludes halogenated alkanes) is 1. The molecule has 0 aliphatic rings. The Bertz CT molecular complexity index is 1350. The topological polar surface area (TPSA) is 122 Å². The Morgan fingerprint density at radius 3 is 2.44 bits per heavy atom. The van der Waals surface area contributed by atoms with Gasteiger partial charge in [-0.05, 0) is 54.3 Å². The number of halogens is 1. The zero-order chi connectivity index (χ0) is 26.3. The Hall–Kier alpha value is -3.19. The summed E-state index contributed by atoms with van der Waals surface area (Å²) in [4.78, 5) is 7.81. The highest BCUT2D eigenvalue weighted by Crippen LogP contribution is 2.38. The van der Waals surface area contributed by atoms with Crippen LogP contribution in [-0.4, -0.2) is 43.0 Å². The number of hydrogen-bond donors (Lipinski definition) is 1. The quantitative estimate of drug-likeness (QED) is 0.285. The molecule has 0 unspecified atom stereocenters. The van der Waals surface area contributed by atoms with Gasteiger partial charge in [0.05, 0.1) is 22.9 Å². The van der Waals surface area contributed by atoms with Crippen LogP contribution in [0.1, 0.15) is 49.1 Å². The van der Waals surface area contributed by atoms with Crippen LogP contribution in [0.2, 0.25) is 5.02 Å². The van der Waals surface area contributed by atoms with E-state index in [4.69, 9.17) is 26.2 Å². The summed E-state index contributed by atoms with van der Waals surface area (Å²) >= 11 is 6.49. The maximum absolute atomic E-state index is 11.7. The third-order valence-corrected chi connectivity index (χ3v) is 6.81. The molecule has 36 heavy (non-hydrogen) atoms. The molecule has 10 heteroatoms. The van der Waals surface area contributed by atoms with Gasteiger partial charge >= 0.3 is 0 Å². The molecule has 3 rings (SSSR count). The molecule has 2 aromatic carbocycles. The van der Waals surface area contributed by atoms with Crippen molar-refractivity contribution in [2.45, 2.75) is 43.9 Å². The largest absolute Gasteiger partial charge is 0.491 e. The predicted molar refractivity (Wildman–Crippen MR) is 136 cm³/mol. The van der Waals surface area contributed by atoms with Gasteiger partial charge in [-0.1, -0.05) is 37.6 Å². The second kappa shape index (κ2) is 11.7. The zero-order valence-corrected chi connectivity index (χ0v) is 21.9.